The minimum Gasteiger partial charge on any atom is -0.398 e. The number of benzene rings is 1. The van der Waals surface area contributed by atoms with E-state index in [4.69, 9.17) is 5.73 Å². The molecular weight excluding hydrogens is 288 g/mol. The molecule has 0 bridgehead atoms. The molecular formula is C15H25BrN2. The molecule has 0 spiro atoms. The van der Waals surface area contributed by atoms with Crippen LogP contribution in [0.25, 0.3) is 0 Å². The van der Waals surface area contributed by atoms with Gasteiger partial charge in [0.1, 0.15) is 0 Å². The molecule has 0 radical (unpaired) electrons. The Bertz CT molecular complexity index is 344. The minimum atomic E-state index is 0.891. The Balaban J connectivity index is 2.62. The summed E-state index contributed by atoms with van der Waals surface area (Å²) in [6, 6.07) is 6.20. The van der Waals surface area contributed by atoms with Crippen LogP contribution < -0.4 is 5.73 Å². The molecule has 0 unspecified atom stereocenters. The molecule has 18 heavy (non-hydrogen) atoms. The van der Waals surface area contributed by atoms with Crippen molar-refractivity contribution in [2.75, 3.05) is 18.8 Å². The van der Waals surface area contributed by atoms with E-state index < -0.39 is 0 Å². The number of hydrogen-bond donors (Lipinski definition) is 1. The standard InChI is InChI=1S/C15H25BrN2/c1-3-5-9-18(10-6-4-2)12-13-7-8-14(16)11-15(13)17/h7-8,11H,3-6,9-10,12,17H2,1-2H3. The summed E-state index contributed by atoms with van der Waals surface area (Å²) in [6.45, 7) is 7.80. The van der Waals surface area contributed by atoms with Gasteiger partial charge in [0.15, 0.2) is 0 Å². The first-order valence-electron chi connectivity index (χ1n) is 6.93. The van der Waals surface area contributed by atoms with Crippen molar-refractivity contribution in [1.82, 2.24) is 4.90 Å². The number of hydrogen-bond acceptors (Lipinski definition) is 2. The van der Waals surface area contributed by atoms with E-state index in [1.54, 1.807) is 0 Å². The van der Waals surface area contributed by atoms with Crippen LogP contribution in [0, 0.1) is 0 Å². The van der Waals surface area contributed by atoms with Crippen molar-refractivity contribution in [2.24, 2.45) is 0 Å². The highest BCUT2D eigenvalue weighted by atomic mass is 79.9. The first-order valence-corrected chi connectivity index (χ1v) is 7.73. The monoisotopic (exact) mass is 312 g/mol. The number of anilines is 1. The summed E-state index contributed by atoms with van der Waals surface area (Å²) in [4.78, 5) is 2.52. The topological polar surface area (TPSA) is 29.3 Å². The van der Waals surface area contributed by atoms with E-state index in [1.165, 1.54) is 44.3 Å². The highest BCUT2D eigenvalue weighted by molar-refractivity contribution is 9.10. The van der Waals surface area contributed by atoms with Gasteiger partial charge in [0.2, 0.25) is 0 Å². The summed E-state index contributed by atoms with van der Waals surface area (Å²) in [5, 5.41) is 0. The molecule has 102 valence electrons. The second kappa shape index (κ2) is 8.54. The van der Waals surface area contributed by atoms with Crippen molar-refractivity contribution in [3.05, 3.63) is 28.2 Å². The summed E-state index contributed by atoms with van der Waals surface area (Å²) >= 11 is 3.45. The first-order chi connectivity index (χ1) is 8.67. The smallest absolute Gasteiger partial charge is 0.0371 e. The Labute approximate surface area is 120 Å². The van der Waals surface area contributed by atoms with Gasteiger partial charge in [-0.25, -0.2) is 0 Å². The van der Waals surface area contributed by atoms with Crippen LogP contribution >= 0.6 is 15.9 Å². The third-order valence-electron chi connectivity index (χ3n) is 3.16. The van der Waals surface area contributed by atoms with Crippen molar-refractivity contribution < 1.29 is 0 Å². The van der Waals surface area contributed by atoms with Crippen molar-refractivity contribution >= 4 is 21.6 Å². The van der Waals surface area contributed by atoms with Gasteiger partial charge in [0.25, 0.3) is 0 Å². The number of halogens is 1. The molecule has 0 fully saturated rings. The quantitative estimate of drug-likeness (QED) is 0.719. The van der Waals surface area contributed by atoms with Crippen molar-refractivity contribution in [3.63, 3.8) is 0 Å². The molecule has 1 aromatic carbocycles. The number of unbranched alkanes of at least 4 members (excludes halogenated alkanes) is 2. The Morgan fingerprint density at radius 2 is 1.72 bits per heavy atom. The minimum absolute atomic E-state index is 0.891. The van der Waals surface area contributed by atoms with Crippen LogP contribution in [0.5, 0.6) is 0 Å². The van der Waals surface area contributed by atoms with E-state index in [1.807, 2.05) is 6.07 Å². The summed E-state index contributed by atoms with van der Waals surface area (Å²) < 4.78 is 1.05. The molecule has 1 aromatic rings. The van der Waals surface area contributed by atoms with Crippen molar-refractivity contribution in [3.8, 4) is 0 Å². The largest absolute Gasteiger partial charge is 0.398 e. The normalized spacial score (nSPS) is 11.1. The molecule has 1 rings (SSSR count). The molecule has 0 aromatic heterocycles. The van der Waals surface area contributed by atoms with Crippen LogP contribution in [-0.4, -0.2) is 18.0 Å². The Morgan fingerprint density at radius 3 is 2.22 bits per heavy atom. The number of nitrogens with zero attached hydrogens (tertiary/aromatic N) is 1. The third-order valence-corrected chi connectivity index (χ3v) is 3.65. The van der Waals surface area contributed by atoms with E-state index in [-0.39, 0.29) is 0 Å². The predicted molar refractivity (Wildman–Crippen MR) is 83.6 cm³/mol. The molecule has 2 N–H and O–H groups in total. The fraction of sp³-hybridized carbons (Fsp3) is 0.600. The van der Waals surface area contributed by atoms with E-state index in [9.17, 15) is 0 Å². The number of rotatable bonds is 8. The fourth-order valence-electron chi connectivity index (χ4n) is 1.98. The van der Waals surface area contributed by atoms with Crippen LogP contribution in [0.15, 0.2) is 22.7 Å². The van der Waals surface area contributed by atoms with Crippen molar-refractivity contribution in [2.45, 2.75) is 46.1 Å². The summed E-state index contributed by atoms with van der Waals surface area (Å²) in [6.07, 6.45) is 5.02. The van der Waals surface area contributed by atoms with E-state index in [2.05, 4.69) is 46.8 Å². The first kappa shape index (κ1) is 15.5. The zero-order valence-electron chi connectivity index (χ0n) is 11.6. The second-order valence-corrected chi connectivity index (χ2v) is 5.74. The van der Waals surface area contributed by atoms with Gasteiger partial charge in [-0.15, -0.1) is 0 Å². The lowest BCUT2D eigenvalue weighted by Gasteiger charge is -2.22. The SMILES string of the molecule is CCCCN(CCCC)Cc1ccc(Br)cc1N. The molecule has 0 saturated carbocycles. The third kappa shape index (κ3) is 5.40. The number of nitrogens with two attached hydrogens (primary N) is 1. The van der Waals surface area contributed by atoms with Crippen LogP contribution in [0.4, 0.5) is 5.69 Å². The Kier molecular flexibility index (Phi) is 7.36. The molecule has 0 atom stereocenters. The average Bonchev–Trinajstić information content (AvgIpc) is 2.35. The van der Waals surface area contributed by atoms with Gasteiger partial charge in [-0.05, 0) is 43.6 Å². The van der Waals surface area contributed by atoms with Crippen LogP contribution in [0.1, 0.15) is 45.1 Å². The molecule has 0 amide bonds. The maximum atomic E-state index is 6.07. The van der Waals surface area contributed by atoms with Gasteiger partial charge < -0.3 is 5.73 Å². The van der Waals surface area contributed by atoms with Gasteiger partial charge in [0.05, 0.1) is 0 Å². The van der Waals surface area contributed by atoms with Crippen LogP contribution in [0.3, 0.4) is 0 Å². The number of nitrogen functional groups attached to an aromatic ring is 1. The van der Waals surface area contributed by atoms with Gasteiger partial charge >= 0.3 is 0 Å². The second-order valence-electron chi connectivity index (χ2n) is 4.83. The summed E-state index contributed by atoms with van der Waals surface area (Å²) in [5.74, 6) is 0. The van der Waals surface area contributed by atoms with Gasteiger partial charge in [-0.3, -0.25) is 4.90 Å². The lowest BCUT2D eigenvalue weighted by atomic mass is 10.1. The fourth-order valence-corrected chi connectivity index (χ4v) is 2.36. The van der Waals surface area contributed by atoms with Gasteiger partial charge in [-0.2, -0.15) is 0 Å². The maximum absolute atomic E-state index is 6.07. The van der Waals surface area contributed by atoms with Crippen LogP contribution in [0.2, 0.25) is 0 Å². The van der Waals surface area contributed by atoms with Crippen LogP contribution in [-0.2, 0) is 6.54 Å². The summed E-state index contributed by atoms with van der Waals surface area (Å²) in [7, 11) is 0. The van der Waals surface area contributed by atoms with Crippen molar-refractivity contribution in [1.29, 1.82) is 0 Å². The van der Waals surface area contributed by atoms with E-state index in [0.717, 1.165) is 16.7 Å². The van der Waals surface area contributed by atoms with Gasteiger partial charge in [0, 0.05) is 16.7 Å². The molecule has 0 aliphatic heterocycles. The molecule has 0 saturated heterocycles. The highest BCUT2D eigenvalue weighted by Gasteiger charge is 2.07. The molecule has 0 heterocycles. The zero-order chi connectivity index (χ0) is 13.4. The van der Waals surface area contributed by atoms with E-state index >= 15 is 0 Å². The highest BCUT2D eigenvalue weighted by Crippen LogP contribution is 2.20. The predicted octanol–water partition coefficient (Wildman–Crippen LogP) is 4.43. The molecule has 3 heteroatoms. The maximum Gasteiger partial charge on any atom is 0.0371 e. The van der Waals surface area contributed by atoms with Gasteiger partial charge in [-0.1, -0.05) is 48.7 Å². The van der Waals surface area contributed by atoms with E-state index in [0.29, 0.717) is 0 Å². The summed E-state index contributed by atoms with van der Waals surface area (Å²) in [5.41, 5.74) is 8.20. The molecule has 0 aliphatic carbocycles. The average molecular weight is 313 g/mol. The zero-order valence-corrected chi connectivity index (χ0v) is 13.2. The lowest BCUT2D eigenvalue weighted by molar-refractivity contribution is 0.257. The molecule has 2 nitrogen and oxygen atoms in total. The lowest BCUT2D eigenvalue weighted by Crippen LogP contribution is -2.26. The molecule has 0 aliphatic rings. The Morgan fingerprint density at radius 1 is 1.11 bits per heavy atom. The Hall–Kier alpha value is -0.540.